The number of hydrogen-bond acceptors (Lipinski definition) is 6. The molecule has 1 atom stereocenters. The van der Waals surface area contributed by atoms with Crippen LogP contribution in [0.15, 0.2) is 45.5 Å². The van der Waals surface area contributed by atoms with Crippen molar-refractivity contribution in [3.05, 3.63) is 40.7 Å². The van der Waals surface area contributed by atoms with E-state index in [-0.39, 0.29) is 16.2 Å². The van der Waals surface area contributed by atoms with Crippen molar-refractivity contribution < 1.29 is 13.2 Å². The molecular weight excluding hydrogens is 438 g/mol. The Balaban J connectivity index is 1.58. The first-order valence-electron chi connectivity index (χ1n) is 8.75. The van der Waals surface area contributed by atoms with Gasteiger partial charge in [0.1, 0.15) is 4.21 Å². The monoisotopic (exact) mass is 459 g/mol. The number of thioether (sulfide) groups is 1. The smallest absolute Gasteiger partial charge is 0.252 e. The van der Waals surface area contributed by atoms with E-state index in [1.807, 2.05) is 42.3 Å². The molecule has 152 valence electrons. The van der Waals surface area contributed by atoms with E-state index in [0.717, 1.165) is 21.9 Å². The lowest BCUT2D eigenvalue weighted by Gasteiger charge is -2.36. The van der Waals surface area contributed by atoms with Gasteiger partial charge in [0.2, 0.25) is 5.91 Å². The van der Waals surface area contributed by atoms with Crippen molar-refractivity contribution in [3.63, 3.8) is 0 Å². The topological polar surface area (TPSA) is 69.7 Å². The molecule has 1 amide bonds. The Morgan fingerprint density at radius 2 is 1.93 bits per heavy atom. The van der Waals surface area contributed by atoms with Crippen molar-refractivity contribution in [1.29, 1.82) is 0 Å². The molecule has 1 aliphatic heterocycles. The summed E-state index contributed by atoms with van der Waals surface area (Å²) in [6, 6.07) is 10.5. The van der Waals surface area contributed by atoms with E-state index in [1.165, 1.54) is 10.4 Å². The second kappa shape index (κ2) is 9.15. The Hall–Kier alpha value is -1.10. The van der Waals surface area contributed by atoms with Gasteiger partial charge in [0.05, 0.1) is 10.4 Å². The van der Waals surface area contributed by atoms with Crippen LogP contribution >= 0.6 is 34.7 Å². The van der Waals surface area contributed by atoms with Gasteiger partial charge in [-0.25, -0.2) is 8.42 Å². The first kappa shape index (κ1) is 21.6. The van der Waals surface area contributed by atoms with Crippen molar-refractivity contribution >= 4 is 56.3 Å². The number of rotatable bonds is 6. The third-order valence-corrected chi connectivity index (χ3v) is 9.00. The lowest BCUT2D eigenvalue weighted by Crippen LogP contribution is -2.53. The number of piperazine rings is 1. The van der Waals surface area contributed by atoms with Crippen molar-refractivity contribution in [2.75, 3.05) is 37.8 Å². The second-order valence-corrected chi connectivity index (χ2v) is 11.2. The minimum Gasteiger partial charge on any atom is -0.325 e. The van der Waals surface area contributed by atoms with Gasteiger partial charge in [0.25, 0.3) is 10.0 Å². The van der Waals surface area contributed by atoms with E-state index < -0.39 is 10.0 Å². The highest BCUT2D eigenvalue weighted by Crippen LogP contribution is 2.28. The first-order valence-corrected chi connectivity index (χ1v) is 12.6. The summed E-state index contributed by atoms with van der Waals surface area (Å²) in [5.74, 6) is -0.0976. The maximum absolute atomic E-state index is 12.7. The van der Waals surface area contributed by atoms with Gasteiger partial charge in [0, 0.05) is 36.8 Å². The Morgan fingerprint density at radius 3 is 2.54 bits per heavy atom. The first-order chi connectivity index (χ1) is 13.3. The summed E-state index contributed by atoms with van der Waals surface area (Å²) >= 11 is 8.55. The number of hydrogen-bond donors (Lipinski definition) is 1. The lowest BCUT2D eigenvalue weighted by atomic mass is 10.2. The molecule has 10 heteroatoms. The van der Waals surface area contributed by atoms with Crippen molar-refractivity contribution in [3.8, 4) is 0 Å². The average molecular weight is 460 g/mol. The largest absolute Gasteiger partial charge is 0.325 e. The number of carbonyl (C=O) groups excluding carboxylic acids is 1. The van der Waals surface area contributed by atoms with Crippen LogP contribution in [0.5, 0.6) is 0 Å². The lowest BCUT2D eigenvalue weighted by molar-refractivity contribution is -0.121. The summed E-state index contributed by atoms with van der Waals surface area (Å²) in [5, 5.41) is 2.94. The molecule has 2 aromatic rings. The van der Waals surface area contributed by atoms with Gasteiger partial charge in [-0.3, -0.25) is 9.69 Å². The predicted octanol–water partition coefficient (Wildman–Crippen LogP) is 3.46. The van der Waals surface area contributed by atoms with Crippen LogP contribution in [0.2, 0.25) is 4.34 Å². The van der Waals surface area contributed by atoms with Crippen LogP contribution in [-0.4, -0.2) is 62.0 Å². The molecule has 6 nitrogen and oxygen atoms in total. The van der Waals surface area contributed by atoms with Gasteiger partial charge < -0.3 is 5.32 Å². The fraction of sp³-hybridized carbons (Fsp3) is 0.389. The molecule has 1 aromatic heterocycles. The van der Waals surface area contributed by atoms with E-state index in [9.17, 15) is 13.2 Å². The molecule has 0 saturated carbocycles. The van der Waals surface area contributed by atoms with E-state index in [2.05, 4.69) is 5.32 Å². The predicted molar refractivity (Wildman–Crippen MR) is 116 cm³/mol. The quantitative estimate of drug-likeness (QED) is 0.670. The zero-order chi connectivity index (χ0) is 20.3. The molecule has 1 aliphatic rings. The molecule has 0 bridgehead atoms. The van der Waals surface area contributed by atoms with Crippen LogP contribution in [0, 0.1) is 0 Å². The molecule has 0 radical (unpaired) electrons. The third kappa shape index (κ3) is 4.90. The van der Waals surface area contributed by atoms with Crippen molar-refractivity contribution in [2.45, 2.75) is 22.1 Å². The Kier molecular flexibility index (Phi) is 7.06. The molecule has 1 fully saturated rings. The molecule has 0 spiro atoms. The number of benzene rings is 1. The van der Waals surface area contributed by atoms with Crippen LogP contribution in [0.4, 0.5) is 5.69 Å². The number of halogens is 1. The van der Waals surface area contributed by atoms with E-state index in [1.54, 1.807) is 17.8 Å². The summed E-state index contributed by atoms with van der Waals surface area (Å²) < 4.78 is 27.5. The fourth-order valence-electron chi connectivity index (χ4n) is 3.01. The molecule has 0 aliphatic carbocycles. The highest BCUT2D eigenvalue weighted by molar-refractivity contribution is 7.98. The van der Waals surface area contributed by atoms with Crippen LogP contribution < -0.4 is 5.32 Å². The Bertz CT molecular complexity index is 940. The van der Waals surface area contributed by atoms with E-state index in [0.29, 0.717) is 30.5 Å². The van der Waals surface area contributed by atoms with Gasteiger partial charge >= 0.3 is 0 Å². The summed E-state index contributed by atoms with van der Waals surface area (Å²) in [6.45, 7) is 3.53. The van der Waals surface area contributed by atoms with Gasteiger partial charge in [-0.15, -0.1) is 23.1 Å². The number of anilines is 1. The van der Waals surface area contributed by atoms with Gasteiger partial charge in [-0.2, -0.15) is 4.31 Å². The molecule has 1 aromatic carbocycles. The fourth-order valence-corrected chi connectivity index (χ4v) is 6.53. The van der Waals surface area contributed by atoms with E-state index >= 15 is 0 Å². The SMILES string of the molecule is CSc1cccc(NC(=O)C(C)N2CCN(S(=O)(=O)c3ccc(Cl)s3)CC2)c1. The summed E-state index contributed by atoms with van der Waals surface area (Å²) in [6.07, 6.45) is 1.99. The molecule has 1 N–H and O–H groups in total. The van der Waals surface area contributed by atoms with Crippen molar-refractivity contribution in [1.82, 2.24) is 9.21 Å². The average Bonchev–Trinajstić information content (AvgIpc) is 3.15. The highest BCUT2D eigenvalue weighted by Gasteiger charge is 2.32. The van der Waals surface area contributed by atoms with Gasteiger partial charge in [0.15, 0.2) is 0 Å². The highest BCUT2D eigenvalue weighted by atomic mass is 35.5. The van der Waals surface area contributed by atoms with Crippen LogP contribution in [0.1, 0.15) is 6.92 Å². The minimum atomic E-state index is -3.53. The normalized spacial score (nSPS) is 17.4. The Morgan fingerprint density at radius 1 is 1.21 bits per heavy atom. The van der Waals surface area contributed by atoms with Crippen LogP contribution in [0.3, 0.4) is 0 Å². The zero-order valence-electron chi connectivity index (χ0n) is 15.6. The standard InChI is InChI=1S/C18H22ClN3O3S3/c1-13(18(23)20-14-4-3-5-15(12-14)26-2)21-8-10-22(11-9-21)28(24,25)17-7-6-16(19)27-17/h3-7,12-13H,8-11H2,1-2H3,(H,20,23). The molecular formula is C18H22ClN3O3S3. The van der Waals surface area contributed by atoms with Gasteiger partial charge in [-0.05, 0) is 43.5 Å². The maximum Gasteiger partial charge on any atom is 0.252 e. The molecule has 2 heterocycles. The zero-order valence-corrected chi connectivity index (χ0v) is 18.8. The second-order valence-electron chi connectivity index (χ2n) is 6.40. The maximum atomic E-state index is 12.7. The number of nitrogens with zero attached hydrogens (tertiary/aromatic N) is 2. The minimum absolute atomic E-state index is 0.0976. The van der Waals surface area contributed by atoms with Crippen LogP contribution in [0.25, 0.3) is 0 Å². The number of amides is 1. The number of sulfonamides is 1. The van der Waals surface area contributed by atoms with Crippen LogP contribution in [-0.2, 0) is 14.8 Å². The summed E-state index contributed by atoms with van der Waals surface area (Å²) in [4.78, 5) is 15.7. The number of nitrogens with one attached hydrogen (secondary N) is 1. The summed E-state index contributed by atoms with van der Waals surface area (Å²) in [7, 11) is -3.53. The summed E-state index contributed by atoms with van der Waals surface area (Å²) in [5.41, 5.74) is 0.763. The molecule has 1 saturated heterocycles. The van der Waals surface area contributed by atoms with Gasteiger partial charge in [-0.1, -0.05) is 17.7 Å². The van der Waals surface area contributed by atoms with Crippen molar-refractivity contribution in [2.24, 2.45) is 0 Å². The molecule has 1 unspecified atom stereocenters. The molecule has 3 rings (SSSR count). The number of carbonyl (C=O) groups is 1. The molecule has 28 heavy (non-hydrogen) atoms. The Labute approximate surface area is 178 Å². The number of thiophene rings is 1. The van der Waals surface area contributed by atoms with E-state index in [4.69, 9.17) is 11.6 Å². The third-order valence-electron chi connectivity index (χ3n) is 4.68.